The second-order valence-corrected chi connectivity index (χ2v) is 1.30. The van der Waals surface area contributed by atoms with Gasteiger partial charge in [-0.15, -0.1) is 0 Å². The number of rotatable bonds is 0. The minimum atomic E-state index is -0.178. The van der Waals surface area contributed by atoms with Crippen LogP contribution in [0.5, 0.6) is 0 Å². The summed E-state index contributed by atoms with van der Waals surface area (Å²) >= 11 is 0. The minimum absolute atomic E-state index is 0. The van der Waals surface area contributed by atoms with Crippen LogP contribution in [0.4, 0.5) is 4.39 Å². The van der Waals surface area contributed by atoms with Crippen molar-refractivity contribution in [2.24, 2.45) is 0 Å². The van der Waals surface area contributed by atoms with Crippen molar-refractivity contribution in [1.29, 1.82) is 0 Å². The molecular formula is C6H5FMo. The number of halogens is 1. The van der Waals surface area contributed by atoms with E-state index in [1.807, 2.05) is 0 Å². The van der Waals surface area contributed by atoms with Crippen LogP contribution in [0, 0.1) is 5.82 Å². The summed E-state index contributed by atoms with van der Waals surface area (Å²) in [6.45, 7) is 0. The molecule has 42 valence electrons. The van der Waals surface area contributed by atoms with E-state index < -0.39 is 0 Å². The van der Waals surface area contributed by atoms with Crippen LogP contribution in [0.15, 0.2) is 30.3 Å². The van der Waals surface area contributed by atoms with Crippen molar-refractivity contribution in [1.82, 2.24) is 0 Å². The van der Waals surface area contributed by atoms with Gasteiger partial charge in [0.1, 0.15) is 5.82 Å². The Morgan fingerprint density at radius 3 is 1.75 bits per heavy atom. The van der Waals surface area contributed by atoms with Gasteiger partial charge in [-0.1, -0.05) is 18.2 Å². The molecule has 0 radical (unpaired) electrons. The molecule has 0 aliphatic rings. The number of hydrogen-bond donors (Lipinski definition) is 0. The van der Waals surface area contributed by atoms with E-state index in [0.29, 0.717) is 0 Å². The Kier molecular flexibility index (Phi) is 3.72. The molecule has 0 aromatic heterocycles. The average molecular weight is 192 g/mol. The molecule has 0 fully saturated rings. The van der Waals surface area contributed by atoms with Gasteiger partial charge >= 0.3 is 0 Å². The SMILES string of the molecule is Fc1ccccc1.[Mo]. The molecule has 0 saturated heterocycles. The zero-order chi connectivity index (χ0) is 5.11. The van der Waals surface area contributed by atoms with Crippen LogP contribution >= 0.6 is 0 Å². The second kappa shape index (κ2) is 3.79. The van der Waals surface area contributed by atoms with Crippen molar-refractivity contribution < 1.29 is 25.5 Å². The molecule has 0 saturated carbocycles. The van der Waals surface area contributed by atoms with Crippen LogP contribution in [0.3, 0.4) is 0 Å². The van der Waals surface area contributed by atoms with Crippen LogP contribution in [-0.4, -0.2) is 0 Å². The van der Waals surface area contributed by atoms with E-state index >= 15 is 0 Å². The molecule has 0 unspecified atom stereocenters. The average Bonchev–Trinajstić information content (AvgIpc) is 1.69. The first-order valence-corrected chi connectivity index (χ1v) is 2.10. The molecule has 0 aliphatic heterocycles. The molecule has 0 atom stereocenters. The molecule has 1 aromatic carbocycles. The molecule has 0 aliphatic carbocycles. The molecule has 2 heteroatoms. The molecule has 0 bridgehead atoms. The van der Waals surface area contributed by atoms with Gasteiger partial charge in [0.15, 0.2) is 0 Å². The Morgan fingerprint density at radius 1 is 1.00 bits per heavy atom. The second-order valence-electron chi connectivity index (χ2n) is 1.30. The fraction of sp³-hybridized carbons (Fsp3) is 0. The molecule has 8 heavy (non-hydrogen) atoms. The Morgan fingerprint density at radius 2 is 1.50 bits per heavy atom. The van der Waals surface area contributed by atoms with Crippen LogP contribution < -0.4 is 0 Å². The maximum Gasteiger partial charge on any atom is 0.123 e. The van der Waals surface area contributed by atoms with E-state index in [2.05, 4.69) is 0 Å². The molecule has 0 spiro atoms. The normalized spacial score (nSPS) is 7.62. The van der Waals surface area contributed by atoms with Crippen LogP contribution in [0.2, 0.25) is 0 Å². The van der Waals surface area contributed by atoms with Gasteiger partial charge in [-0.3, -0.25) is 0 Å². The van der Waals surface area contributed by atoms with Gasteiger partial charge in [-0.05, 0) is 12.1 Å². The summed E-state index contributed by atoms with van der Waals surface area (Å²) in [4.78, 5) is 0. The van der Waals surface area contributed by atoms with Crippen molar-refractivity contribution >= 4 is 0 Å². The topological polar surface area (TPSA) is 0 Å². The van der Waals surface area contributed by atoms with Gasteiger partial charge in [0, 0.05) is 21.1 Å². The third kappa shape index (κ3) is 2.22. The fourth-order valence-electron chi connectivity index (χ4n) is 0.415. The smallest absolute Gasteiger partial charge is 0.123 e. The standard InChI is InChI=1S/C6H5F.Mo/c7-6-4-2-1-3-5-6;/h1-5H;. The Balaban J connectivity index is 0.000000490. The minimum Gasteiger partial charge on any atom is -0.207 e. The van der Waals surface area contributed by atoms with Crippen molar-refractivity contribution in [3.05, 3.63) is 36.1 Å². The molecule has 0 heterocycles. The van der Waals surface area contributed by atoms with Gasteiger partial charge in [-0.25, -0.2) is 4.39 Å². The van der Waals surface area contributed by atoms with Gasteiger partial charge in [-0.2, -0.15) is 0 Å². The van der Waals surface area contributed by atoms with Crippen molar-refractivity contribution in [2.75, 3.05) is 0 Å². The van der Waals surface area contributed by atoms with Gasteiger partial charge in [0.05, 0.1) is 0 Å². The van der Waals surface area contributed by atoms with Crippen molar-refractivity contribution in [3.8, 4) is 0 Å². The maximum atomic E-state index is 11.9. The first-order chi connectivity index (χ1) is 3.39. The van der Waals surface area contributed by atoms with Crippen LogP contribution in [0.25, 0.3) is 0 Å². The zero-order valence-corrected chi connectivity index (χ0v) is 6.18. The third-order valence-electron chi connectivity index (χ3n) is 0.733. The predicted octanol–water partition coefficient (Wildman–Crippen LogP) is 1.82. The molecular weight excluding hydrogens is 187 g/mol. The maximum absolute atomic E-state index is 11.9. The van der Waals surface area contributed by atoms with Gasteiger partial charge in [0.2, 0.25) is 0 Å². The molecule has 0 amide bonds. The summed E-state index contributed by atoms with van der Waals surface area (Å²) in [5.74, 6) is -0.178. The summed E-state index contributed by atoms with van der Waals surface area (Å²) in [7, 11) is 0. The Hall–Kier alpha value is -0.162. The fourth-order valence-corrected chi connectivity index (χ4v) is 0.415. The number of benzene rings is 1. The molecule has 0 nitrogen and oxygen atoms in total. The van der Waals surface area contributed by atoms with Crippen molar-refractivity contribution in [3.63, 3.8) is 0 Å². The summed E-state index contributed by atoms with van der Waals surface area (Å²) in [6.07, 6.45) is 0. The monoisotopic (exact) mass is 194 g/mol. The largest absolute Gasteiger partial charge is 0.207 e. The Bertz CT molecular complexity index is 138. The quantitative estimate of drug-likeness (QED) is 0.550. The predicted molar refractivity (Wildman–Crippen MR) is 26.4 cm³/mol. The van der Waals surface area contributed by atoms with Gasteiger partial charge < -0.3 is 0 Å². The van der Waals surface area contributed by atoms with Crippen LogP contribution in [-0.2, 0) is 21.1 Å². The third-order valence-corrected chi connectivity index (χ3v) is 0.733. The Labute approximate surface area is 62.0 Å². The van der Waals surface area contributed by atoms with Crippen molar-refractivity contribution in [2.45, 2.75) is 0 Å². The molecule has 1 rings (SSSR count). The summed E-state index contributed by atoms with van der Waals surface area (Å²) in [5, 5.41) is 0. The van der Waals surface area contributed by atoms with E-state index in [-0.39, 0.29) is 26.9 Å². The van der Waals surface area contributed by atoms with E-state index in [4.69, 9.17) is 0 Å². The molecule has 1 aromatic rings. The molecule has 0 N–H and O–H groups in total. The first-order valence-electron chi connectivity index (χ1n) is 2.10. The summed E-state index contributed by atoms with van der Waals surface area (Å²) in [6, 6.07) is 7.94. The number of hydrogen-bond acceptors (Lipinski definition) is 0. The van der Waals surface area contributed by atoms with Gasteiger partial charge in [0.25, 0.3) is 0 Å². The van der Waals surface area contributed by atoms with Crippen LogP contribution in [0.1, 0.15) is 0 Å². The van der Waals surface area contributed by atoms with E-state index in [0.717, 1.165) is 0 Å². The van der Waals surface area contributed by atoms with E-state index in [1.165, 1.54) is 12.1 Å². The van der Waals surface area contributed by atoms with E-state index in [9.17, 15) is 4.39 Å². The first kappa shape index (κ1) is 7.84. The summed E-state index contributed by atoms with van der Waals surface area (Å²) in [5.41, 5.74) is 0. The van der Waals surface area contributed by atoms with E-state index in [1.54, 1.807) is 18.2 Å². The zero-order valence-electron chi connectivity index (χ0n) is 4.17. The summed E-state index contributed by atoms with van der Waals surface area (Å²) < 4.78 is 11.9.